The van der Waals surface area contributed by atoms with Crippen LogP contribution in [0, 0.1) is 17.8 Å². The molecular weight excluding hydrogens is 198 g/mol. The molecule has 0 spiro atoms. The van der Waals surface area contributed by atoms with E-state index in [-0.39, 0.29) is 12.0 Å². The van der Waals surface area contributed by atoms with Crippen LogP contribution in [0.25, 0.3) is 0 Å². The first kappa shape index (κ1) is 10.3. The van der Waals surface area contributed by atoms with Crippen molar-refractivity contribution in [3.05, 3.63) is 30.1 Å². The van der Waals surface area contributed by atoms with E-state index in [1.807, 2.05) is 24.5 Å². The Bertz CT molecular complexity index is 354. The molecule has 2 aliphatic carbocycles. The van der Waals surface area contributed by atoms with Gasteiger partial charge in [0.15, 0.2) is 0 Å². The number of aliphatic hydroxyl groups excluding tert-OH is 1. The summed E-state index contributed by atoms with van der Waals surface area (Å²) in [7, 11) is 0. The molecule has 2 aliphatic rings. The first-order chi connectivity index (χ1) is 7.79. The molecule has 0 saturated heterocycles. The molecule has 2 saturated carbocycles. The van der Waals surface area contributed by atoms with Crippen molar-refractivity contribution in [2.24, 2.45) is 17.8 Å². The van der Waals surface area contributed by atoms with Crippen LogP contribution in [0.5, 0.6) is 0 Å². The van der Waals surface area contributed by atoms with Crippen molar-refractivity contribution in [3.63, 3.8) is 0 Å². The minimum Gasteiger partial charge on any atom is -0.392 e. The van der Waals surface area contributed by atoms with Crippen molar-refractivity contribution in [2.45, 2.75) is 38.2 Å². The monoisotopic (exact) mass is 217 g/mol. The highest BCUT2D eigenvalue weighted by atomic mass is 16.3. The van der Waals surface area contributed by atoms with Gasteiger partial charge in [-0.3, -0.25) is 4.98 Å². The summed E-state index contributed by atoms with van der Waals surface area (Å²) in [6.45, 7) is 2.13. The first-order valence-electron chi connectivity index (χ1n) is 6.37. The highest BCUT2D eigenvalue weighted by Gasteiger charge is 2.56. The first-order valence-corrected chi connectivity index (χ1v) is 6.37. The van der Waals surface area contributed by atoms with Gasteiger partial charge < -0.3 is 5.11 Å². The minimum atomic E-state index is -0.155. The number of pyridine rings is 1. The second-order valence-electron chi connectivity index (χ2n) is 5.40. The fourth-order valence-corrected chi connectivity index (χ4v) is 3.58. The van der Waals surface area contributed by atoms with E-state index in [1.165, 1.54) is 24.8 Å². The number of fused-ring (bicyclic) bond motifs is 1. The molecule has 0 amide bonds. The van der Waals surface area contributed by atoms with Crippen LogP contribution >= 0.6 is 0 Å². The molecule has 86 valence electrons. The minimum absolute atomic E-state index is 0.155. The van der Waals surface area contributed by atoms with Crippen molar-refractivity contribution < 1.29 is 5.11 Å². The molecule has 0 aliphatic heterocycles. The van der Waals surface area contributed by atoms with Crippen molar-refractivity contribution in [1.82, 2.24) is 4.98 Å². The van der Waals surface area contributed by atoms with Crippen LogP contribution in [0.15, 0.2) is 24.5 Å². The Labute approximate surface area is 96.7 Å². The Balaban J connectivity index is 1.69. The SMILES string of the molecule is CC(c1ccncc1)C(O)C1C2CCCC21. The Kier molecular flexibility index (Phi) is 2.47. The number of rotatable bonds is 3. The lowest BCUT2D eigenvalue weighted by molar-refractivity contribution is 0.112. The van der Waals surface area contributed by atoms with Crippen LogP contribution in [0.3, 0.4) is 0 Å². The molecule has 1 aromatic rings. The van der Waals surface area contributed by atoms with Gasteiger partial charge >= 0.3 is 0 Å². The van der Waals surface area contributed by atoms with E-state index in [2.05, 4.69) is 11.9 Å². The number of nitrogens with zero attached hydrogens (tertiary/aromatic N) is 1. The maximum Gasteiger partial charge on any atom is 0.0639 e. The third-order valence-electron chi connectivity index (χ3n) is 4.61. The second kappa shape index (κ2) is 3.85. The van der Waals surface area contributed by atoms with E-state index in [0.717, 1.165) is 11.8 Å². The summed E-state index contributed by atoms with van der Waals surface area (Å²) in [5.74, 6) is 2.49. The molecule has 1 aromatic heterocycles. The molecule has 0 radical (unpaired) electrons. The van der Waals surface area contributed by atoms with Gasteiger partial charge in [0.05, 0.1) is 6.10 Å². The molecule has 4 unspecified atom stereocenters. The van der Waals surface area contributed by atoms with Gasteiger partial charge in [-0.25, -0.2) is 0 Å². The predicted octanol–water partition coefficient (Wildman–Crippen LogP) is 2.59. The molecule has 2 fully saturated rings. The third-order valence-corrected chi connectivity index (χ3v) is 4.61. The Hall–Kier alpha value is -0.890. The fourth-order valence-electron chi connectivity index (χ4n) is 3.58. The quantitative estimate of drug-likeness (QED) is 0.844. The summed E-state index contributed by atoms with van der Waals surface area (Å²) in [6, 6.07) is 4.04. The second-order valence-corrected chi connectivity index (χ2v) is 5.40. The molecule has 1 heterocycles. The largest absolute Gasteiger partial charge is 0.392 e. The van der Waals surface area contributed by atoms with E-state index in [4.69, 9.17) is 0 Å². The van der Waals surface area contributed by atoms with Crippen LogP contribution in [-0.4, -0.2) is 16.2 Å². The van der Waals surface area contributed by atoms with Gasteiger partial charge in [-0.15, -0.1) is 0 Å². The van der Waals surface area contributed by atoms with Crippen molar-refractivity contribution in [2.75, 3.05) is 0 Å². The molecule has 1 N–H and O–H groups in total. The molecule has 16 heavy (non-hydrogen) atoms. The Morgan fingerprint density at radius 1 is 1.25 bits per heavy atom. The predicted molar refractivity (Wildman–Crippen MR) is 63.0 cm³/mol. The van der Waals surface area contributed by atoms with Crippen molar-refractivity contribution >= 4 is 0 Å². The smallest absolute Gasteiger partial charge is 0.0639 e. The van der Waals surface area contributed by atoms with Crippen LogP contribution < -0.4 is 0 Å². The molecule has 2 heteroatoms. The van der Waals surface area contributed by atoms with E-state index in [9.17, 15) is 5.11 Å². The number of hydrogen-bond donors (Lipinski definition) is 1. The average molecular weight is 217 g/mol. The zero-order valence-electron chi connectivity index (χ0n) is 9.71. The fraction of sp³-hybridized carbons (Fsp3) is 0.643. The lowest BCUT2D eigenvalue weighted by Gasteiger charge is -2.20. The maximum atomic E-state index is 10.4. The van der Waals surface area contributed by atoms with Crippen LogP contribution in [0.4, 0.5) is 0 Å². The van der Waals surface area contributed by atoms with E-state index in [1.54, 1.807) is 0 Å². The van der Waals surface area contributed by atoms with Gasteiger partial charge in [0.2, 0.25) is 0 Å². The lowest BCUT2D eigenvalue weighted by atomic mass is 9.90. The van der Waals surface area contributed by atoms with Crippen LogP contribution in [0.1, 0.15) is 37.7 Å². The molecule has 4 atom stereocenters. The Morgan fingerprint density at radius 3 is 2.50 bits per heavy atom. The highest BCUT2D eigenvalue weighted by molar-refractivity contribution is 5.19. The summed E-state index contributed by atoms with van der Waals surface area (Å²) in [4.78, 5) is 4.02. The van der Waals surface area contributed by atoms with Gasteiger partial charge in [0.25, 0.3) is 0 Å². The summed E-state index contributed by atoms with van der Waals surface area (Å²) in [5.41, 5.74) is 1.22. The molecule has 0 aromatic carbocycles. The van der Waals surface area contributed by atoms with Crippen molar-refractivity contribution in [1.29, 1.82) is 0 Å². The standard InChI is InChI=1S/C14H19NO/c1-9(10-5-7-15-8-6-10)14(16)13-11-3-2-4-12(11)13/h5-9,11-14,16H,2-4H2,1H3. The van der Waals surface area contributed by atoms with Gasteiger partial charge in [-0.05, 0) is 48.3 Å². The van der Waals surface area contributed by atoms with E-state index < -0.39 is 0 Å². The van der Waals surface area contributed by atoms with Gasteiger partial charge in [0, 0.05) is 18.3 Å². The Morgan fingerprint density at radius 2 is 1.88 bits per heavy atom. The summed E-state index contributed by atoms with van der Waals surface area (Å²) in [6.07, 6.45) is 7.53. The zero-order valence-corrected chi connectivity index (χ0v) is 9.71. The van der Waals surface area contributed by atoms with Crippen LogP contribution in [-0.2, 0) is 0 Å². The summed E-state index contributed by atoms with van der Waals surface area (Å²) in [5, 5.41) is 10.4. The van der Waals surface area contributed by atoms with Gasteiger partial charge in [-0.2, -0.15) is 0 Å². The third kappa shape index (κ3) is 1.56. The van der Waals surface area contributed by atoms with Gasteiger partial charge in [-0.1, -0.05) is 13.3 Å². The maximum absolute atomic E-state index is 10.4. The van der Waals surface area contributed by atoms with Crippen molar-refractivity contribution in [3.8, 4) is 0 Å². The summed E-state index contributed by atoms with van der Waals surface area (Å²) < 4.78 is 0. The van der Waals surface area contributed by atoms with E-state index in [0.29, 0.717) is 5.92 Å². The normalized spacial score (nSPS) is 35.5. The number of aliphatic hydroxyl groups is 1. The zero-order chi connectivity index (χ0) is 11.1. The number of hydrogen-bond acceptors (Lipinski definition) is 2. The van der Waals surface area contributed by atoms with Gasteiger partial charge in [0.1, 0.15) is 0 Å². The topological polar surface area (TPSA) is 33.1 Å². The molecule has 2 nitrogen and oxygen atoms in total. The molecule has 0 bridgehead atoms. The highest BCUT2D eigenvalue weighted by Crippen LogP contribution is 2.60. The molecule has 3 rings (SSSR count). The molecular formula is C14H19NO. The van der Waals surface area contributed by atoms with Crippen LogP contribution in [0.2, 0.25) is 0 Å². The van der Waals surface area contributed by atoms with E-state index >= 15 is 0 Å². The average Bonchev–Trinajstić information content (AvgIpc) is 2.81. The lowest BCUT2D eigenvalue weighted by Crippen LogP contribution is -2.20. The number of aromatic nitrogens is 1. The summed E-state index contributed by atoms with van der Waals surface area (Å²) >= 11 is 0.